The van der Waals surface area contributed by atoms with E-state index in [0.717, 1.165) is 77.5 Å². The quantitative estimate of drug-likeness (QED) is 0.144. The molecule has 1 aliphatic rings. The van der Waals surface area contributed by atoms with Crippen LogP contribution in [0.4, 0.5) is 0 Å². The first-order chi connectivity index (χ1) is 58.8. The molecule has 0 bridgehead atoms. The number of fused-ring (bicyclic) bond motifs is 21. The van der Waals surface area contributed by atoms with Gasteiger partial charge in [-0.05, 0) is 163 Å². The van der Waals surface area contributed by atoms with Crippen LogP contribution in [-0.4, -0.2) is 38.2 Å². The Bertz CT molecular complexity index is 8310. The van der Waals surface area contributed by atoms with Gasteiger partial charge in [-0.1, -0.05) is 317 Å². The van der Waals surface area contributed by atoms with Gasteiger partial charge in [0.05, 0.1) is 66.6 Å². The van der Waals surface area contributed by atoms with E-state index in [1.54, 1.807) is 0 Å². The summed E-state index contributed by atoms with van der Waals surface area (Å²) in [6.07, 6.45) is 0. The van der Waals surface area contributed by atoms with Gasteiger partial charge in [-0.2, -0.15) is 0 Å². The molecule has 6 heterocycles. The minimum Gasteiger partial charge on any atom is -0.309 e. The predicted molar refractivity (Wildman–Crippen MR) is 496 cm³/mol. The van der Waals surface area contributed by atoms with Gasteiger partial charge in [0.2, 0.25) is 11.9 Å². The molecular weight excluding hydrogens is 1450 g/mol. The maximum atomic E-state index is 5.31. The molecule has 0 radical (unpaired) electrons. The molecule has 0 unspecified atom stereocenters. The van der Waals surface area contributed by atoms with E-state index in [1.165, 1.54) is 143 Å². The van der Waals surface area contributed by atoms with E-state index in [9.17, 15) is 0 Å². The summed E-state index contributed by atoms with van der Waals surface area (Å²) in [5.41, 5.74) is 29.8. The highest BCUT2D eigenvalue weighted by molar-refractivity contribution is 6.25. The van der Waals surface area contributed by atoms with Crippen molar-refractivity contribution in [2.45, 2.75) is 19.3 Å². The van der Waals surface area contributed by atoms with Crippen LogP contribution in [0.1, 0.15) is 25.0 Å². The van der Waals surface area contributed by atoms with Crippen LogP contribution in [0.15, 0.2) is 400 Å². The fourth-order valence-electron chi connectivity index (χ4n) is 19.6. The molecule has 0 saturated carbocycles. The number of hydrogen-bond acceptors (Lipinski definition) is 4. The first-order valence-electron chi connectivity index (χ1n) is 40.8. The molecule has 0 N–H and O–H groups in total. The van der Waals surface area contributed by atoms with Crippen LogP contribution in [0.5, 0.6) is 0 Å². The zero-order chi connectivity index (χ0) is 78.6. The van der Waals surface area contributed by atoms with Crippen molar-refractivity contribution < 1.29 is 0 Å². The van der Waals surface area contributed by atoms with Gasteiger partial charge in [-0.3, -0.25) is 9.13 Å². The van der Waals surface area contributed by atoms with E-state index in [-0.39, 0.29) is 5.41 Å². The molecule has 8 nitrogen and oxygen atoms in total. The lowest BCUT2D eigenvalue weighted by Crippen LogP contribution is -2.15. The van der Waals surface area contributed by atoms with Crippen molar-refractivity contribution in [3.63, 3.8) is 0 Å². The molecule has 6 aromatic heterocycles. The highest BCUT2D eigenvalue weighted by Crippen LogP contribution is 2.52. The molecule has 18 aromatic carbocycles. The normalized spacial score (nSPS) is 12.5. The molecule has 8 heteroatoms. The lowest BCUT2D eigenvalue weighted by molar-refractivity contribution is 0.660. The molecule has 1 aliphatic carbocycles. The lowest BCUT2D eigenvalue weighted by atomic mass is 9.82. The number of rotatable bonds is 9. The molecular formula is C111H72N8. The fourth-order valence-corrected chi connectivity index (χ4v) is 19.6. The topological polar surface area (TPSA) is 71.3 Å². The van der Waals surface area contributed by atoms with Crippen molar-refractivity contribution in [2.75, 3.05) is 0 Å². The second-order valence-electron chi connectivity index (χ2n) is 31.9. The lowest BCUT2D eigenvalue weighted by Gasteiger charge is -2.22. The van der Waals surface area contributed by atoms with Crippen molar-refractivity contribution in [2.24, 2.45) is 0 Å². The highest BCUT2D eigenvalue weighted by Gasteiger charge is 2.36. The van der Waals surface area contributed by atoms with E-state index in [1.807, 2.05) is 18.2 Å². The van der Waals surface area contributed by atoms with E-state index in [2.05, 4.69) is 414 Å². The Kier molecular flexibility index (Phi) is 15.2. The minimum atomic E-state index is -0.0949. The Morgan fingerprint density at radius 3 is 1.01 bits per heavy atom. The minimum absolute atomic E-state index is 0.0949. The van der Waals surface area contributed by atoms with E-state index < -0.39 is 0 Å². The summed E-state index contributed by atoms with van der Waals surface area (Å²) >= 11 is 0. The van der Waals surface area contributed by atoms with Crippen LogP contribution in [0.3, 0.4) is 0 Å². The third-order valence-electron chi connectivity index (χ3n) is 25.1. The maximum Gasteiger partial charge on any atom is 0.235 e. The van der Waals surface area contributed by atoms with Crippen LogP contribution in [0.25, 0.3) is 221 Å². The van der Waals surface area contributed by atoms with Crippen molar-refractivity contribution in [1.82, 2.24) is 38.2 Å². The predicted octanol–water partition coefficient (Wildman–Crippen LogP) is 28.6. The van der Waals surface area contributed by atoms with Gasteiger partial charge in [0, 0.05) is 92.6 Å². The largest absolute Gasteiger partial charge is 0.309 e. The number of hydrogen-bond donors (Lipinski definition) is 0. The Morgan fingerprint density at radius 1 is 0.193 bits per heavy atom. The second kappa shape index (κ2) is 26.7. The smallest absolute Gasteiger partial charge is 0.235 e. The van der Waals surface area contributed by atoms with Crippen LogP contribution in [0.2, 0.25) is 0 Å². The van der Waals surface area contributed by atoms with E-state index in [4.69, 9.17) is 19.9 Å². The van der Waals surface area contributed by atoms with Crippen molar-refractivity contribution in [3.8, 4) is 90.3 Å². The van der Waals surface area contributed by atoms with Crippen LogP contribution < -0.4 is 0 Å². The average Bonchev–Trinajstić information content (AvgIpc) is 1.58. The summed E-state index contributed by atoms with van der Waals surface area (Å²) in [7, 11) is 0. The first-order valence-corrected chi connectivity index (χ1v) is 40.8. The molecule has 24 aromatic rings. The van der Waals surface area contributed by atoms with Crippen molar-refractivity contribution >= 4 is 131 Å². The van der Waals surface area contributed by atoms with Crippen LogP contribution >= 0.6 is 0 Å². The SMILES string of the molecule is CC1(C)c2ccccc2-c2ccc(-n3c4ccccc4c4cc(-c5ccc6c(c5)c5ccccc5n6-c5nc(-c6ccccc6)c6ccccc6n5)c5ccccc5c43)cc21.c1ccc(-c2ccc(-n3c4ccccc4c4cc(-c5ccc6c(c5)c5ccccc5n6-c5nc(-c6ccccc6)c6ccccc6n5)c5ccccc5c43)cc2)cc1. The summed E-state index contributed by atoms with van der Waals surface area (Å²) in [5.74, 6) is 1.32. The van der Waals surface area contributed by atoms with Gasteiger partial charge in [0.15, 0.2) is 0 Å². The third-order valence-corrected chi connectivity index (χ3v) is 25.1. The zero-order valence-corrected chi connectivity index (χ0v) is 65.2. The van der Waals surface area contributed by atoms with E-state index >= 15 is 0 Å². The van der Waals surface area contributed by atoms with Crippen molar-refractivity contribution in [3.05, 3.63) is 412 Å². The standard InChI is InChI=1S/C57H38N4.C54H34N4/c1-57(2)48-24-12-8-19-39(48)40-30-29-37(33-49(40)57)60-51-26-14-11-21-42(51)47-34-45(38-18-6-7-22-43(38)55(47)60)36-28-31-53-46(32-36)41-20-10-15-27-52(41)61(53)56-58-50-25-13-9-23-44(50)54(59-56)35-16-4-3-5-17-35;1-3-15-35(16-4-1)36-27-30-39(31-28-36)57-49-25-13-11-21-42(49)47-34-45(40-19-7-8-22-43(40)53(47)57)38-29-32-51-46(33-38)41-20-10-14-26-50(41)58(51)54-55-48-24-12-9-23-44(48)52(56-54)37-17-5-2-6-18-37/h3-34H,1-2H3;1-34H. The third kappa shape index (κ3) is 10.6. The summed E-state index contributed by atoms with van der Waals surface area (Å²) in [6.45, 7) is 4.72. The number of aromatic nitrogens is 8. The summed E-state index contributed by atoms with van der Waals surface area (Å²) in [6, 6.07) is 144. The number of benzene rings is 18. The molecule has 0 atom stereocenters. The number of nitrogens with zero attached hydrogens (tertiary/aromatic N) is 8. The Hall–Kier alpha value is -15.6. The Morgan fingerprint density at radius 2 is 0.529 bits per heavy atom. The Labute approximate surface area is 685 Å². The summed E-state index contributed by atoms with van der Waals surface area (Å²) in [4.78, 5) is 21.0. The fraction of sp³-hybridized carbons (Fsp3) is 0.0270. The van der Waals surface area contributed by atoms with Crippen molar-refractivity contribution in [1.29, 1.82) is 0 Å². The van der Waals surface area contributed by atoms with Gasteiger partial charge in [0.25, 0.3) is 0 Å². The molecule has 0 aliphatic heterocycles. The molecule has 556 valence electrons. The molecule has 0 spiro atoms. The van der Waals surface area contributed by atoms with Crippen LogP contribution in [-0.2, 0) is 5.41 Å². The highest BCUT2D eigenvalue weighted by atomic mass is 15.2. The molecule has 0 fully saturated rings. The van der Waals surface area contributed by atoms with Crippen LogP contribution in [0, 0.1) is 0 Å². The number of para-hydroxylation sites is 6. The molecule has 119 heavy (non-hydrogen) atoms. The Balaban J connectivity index is 0.000000136. The maximum absolute atomic E-state index is 5.31. The van der Waals surface area contributed by atoms with Gasteiger partial charge in [-0.25, -0.2) is 19.9 Å². The van der Waals surface area contributed by atoms with Gasteiger partial charge < -0.3 is 9.13 Å². The van der Waals surface area contributed by atoms with Gasteiger partial charge in [-0.15, -0.1) is 0 Å². The second-order valence-corrected chi connectivity index (χ2v) is 31.9. The summed E-state index contributed by atoms with van der Waals surface area (Å²) in [5, 5.41) is 16.6. The monoisotopic (exact) mass is 1520 g/mol. The molecule has 0 amide bonds. The molecule has 25 rings (SSSR count). The van der Waals surface area contributed by atoms with E-state index in [0.29, 0.717) is 11.9 Å². The first kappa shape index (κ1) is 67.8. The summed E-state index contributed by atoms with van der Waals surface area (Å²) < 4.78 is 9.40. The zero-order valence-electron chi connectivity index (χ0n) is 65.2. The van der Waals surface area contributed by atoms with Gasteiger partial charge >= 0.3 is 0 Å². The van der Waals surface area contributed by atoms with Gasteiger partial charge in [0.1, 0.15) is 0 Å². The molecule has 0 saturated heterocycles. The average molecular weight is 1520 g/mol.